The zero-order valence-electron chi connectivity index (χ0n) is 26.7. The number of sulfonamides is 1. The number of carbonyl (C=O) groups excluding carboxylic acids is 2. The van der Waals surface area contributed by atoms with Crippen molar-refractivity contribution in [2.24, 2.45) is 0 Å². The molecule has 0 heterocycles. The van der Waals surface area contributed by atoms with Gasteiger partial charge in [-0.15, -0.1) is 0 Å². The van der Waals surface area contributed by atoms with Crippen LogP contribution >= 0.6 is 11.6 Å². The zero-order valence-corrected chi connectivity index (χ0v) is 28.3. The summed E-state index contributed by atoms with van der Waals surface area (Å²) in [6.45, 7) is 1.57. The van der Waals surface area contributed by atoms with Crippen LogP contribution in [0.4, 0.5) is 10.1 Å². The molecule has 48 heavy (non-hydrogen) atoms. The highest BCUT2D eigenvalue weighted by molar-refractivity contribution is 7.92. The smallest absolute Gasteiger partial charge is 0.264 e. The van der Waals surface area contributed by atoms with E-state index in [1.54, 1.807) is 48.5 Å². The van der Waals surface area contributed by atoms with Gasteiger partial charge in [-0.05, 0) is 85.5 Å². The number of halogens is 2. The van der Waals surface area contributed by atoms with E-state index in [1.807, 2.05) is 37.3 Å². The molecule has 0 aliphatic heterocycles. The van der Waals surface area contributed by atoms with E-state index in [0.29, 0.717) is 22.9 Å². The number of nitrogens with zero attached hydrogens (tertiary/aromatic N) is 2. The first kappa shape index (κ1) is 34.9. The van der Waals surface area contributed by atoms with Crippen molar-refractivity contribution in [2.75, 3.05) is 17.5 Å². The van der Waals surface area contributed by atoms with Gasteiger partial charge >= 0.3 is 0 Å². The molecule has 1 aliphatic rings. The first-order valence-electron chi connectivity index (χ1n) is 16.0. The zero-order chi connectivity index (χ0) is 34.1. The number of amides is 2. The van der Waals surface area contributed by atoms with Crippen LogP contribution in [0.5, 0.6) is 5.75 Å². The molecular formula is C37H39ClFN3O5S. The summed E-state index contributed by atoms with van der Waals surface area (Å²) in [4.78, 5) is 30.0. The Kier molecular flexibility index (Phi) is 11.7. The molecular weight excluding hydrogens is 653 g/mol. The topological polar surface area (TPSA) is 96.0 Å². The van der Waals surface area contributed by atoms with Gasteiger partial charge in [0.25, 0.3) is 10.0 Å². The number of hydrogen-bond donors (Lipinski definition) is 1. The SMILES string of the molecule is CCOc1ccc(N(CC(=O)N(Cc2ccccc2Cl)[C@H](Cc2ccccc2)C(=O)NC2CCCC2)S(=O)(=O)c2ccc(F)cc2)cc1. The maximum atomic E-state index is 14.6. The fraction of sp³-hybridized carbons (Fsp3) is 0.297. The van der Waals surface area contributed by atoms with Crippen LogP contribution in [0.15, 0.2) is 108 Å². The third kappa shape index (κ3) is 8.73. The van der Waals surface area contributed by atoms with Crippen LogP contribution in [0.25, 0.3) is 0 Å². The minimum absolute atomic E-state index is 0.00718. The second-order valence-corrected chi connectivity index (χ2v) is 14.0. The number of carbonyl (C=O) groups is 2. The van der Waals surface area contributed by atoms with E-state index in [-0.39, 0.29) is 35.5 Å². The number of anilines is 1. The number of nitrogens with one attached hydrogen (secondary N) is 1. The Labute approximate surface area is 286 Å². The average molecular weight is 692 g/mol. The Morgan fingerprint density at radius 1 is 0.917 bits per heavy atom. The van der Waals surface area contributed by atoms with Gasteiger partial charge in [0.15, 0.2) is 0 Å². The third-order valence-electron chi connectivity index (χ3n) is 8.39. The van der Waals surface area contributed by atoms with Crippen LogP contribution < -0.4 is 14.4 Å². The van der Waals surface area contributed by atoms with Crippen molar-refractivity contribution < 1.29 is 27.1 Å². The Morgan fingerprint density at radius 3 is 2.21 bits per heavy atom. The van der Waals surface area contributed by atoms with Crippen molar-refractivity contribution in [2.45, 2.75) is 62.6 Å². The summed E-state index contributed by atoms with van der Waals surface area (Å²) in [7, 11) is -4.38. The summed E-state index contributed by atoms with van der Waals surface area (Å²) in [5.74, 6) is -1.00. The van der Waals surface area contributed by atoms with Crippen molar-refractivity contribution in [1.29, 1.82) is 0 Å². The van der Waals surface area contributed by atoms with Crippen molar-refractivity contribution in [3.8, 4) is 5.75 Å². The molecule has 0 unspecified atom stereocenters. The highest BCUT2D eigenvalue weighted by atomic mass is 35.5. The molecule has 1 atom stereocenters. The van der Waals surface area contributed by atoms with Gasteiger partial charge in [0.05, 0.1) is 17.2 Å². The fourth-order valence-corrected chi connectivity index (χ4v) is 7.48. The van der Waals surface area contributed by atoms with Gasteiger partial charge in [-0.2, -0.15) is 0 Å². The summed E-state index contributed by atoms with van der Waals surface area (Å²) in [6.07, 6.45) is 3.92. The molecule has 0 saturated heterocycles. The lowest BCUT2D eigenvalue weighted by Crippen LogP contribution is -2.54. The van der Waals surface area contributed by atoms with Gasteiger partial charge in [0.2, 0.25) is 11.8 Å². The monoisotopic (exact) mass is 691 g/mol. The molecule has 4 aromatic carbocycles. The molecule has 5 rings (SSSR count). The van der Waals surface area contributed by atoms with Gasteiger partial charge < -0.3 is 15.0 Å². The molecule has 11 heteroatoms. The Morgan fingerprint density at radius 2 is 1.56 bits per heavy atom. The minimum Gasteiger partial charge on any atom is -0.494 e. The van der Waals surface area contributed by atoms with E-state index in [1.165, 1.54) is 4.90 Å². The second kappa shape index (κ2) is 16.1. The van der Waals surface area contributed by atoms with Crippen LogP contribution in [0.3, 0.4) is 0 Å². The summed E-state index contributed by atoms with van der Waals surface area (Å²) in [6, 6.07) is 26.2. The first-order valence-corrected chi connectivity index (χ1v) is 17.9. The van der Waals surface area contributed by atoms with E-state index in [0.717, 1.165) is 59.8 Å². The molecule has 1 aliphatic carbocycles. The molecule has 0 aromatic heterocycles. The van der Waals surface area contributed by atoms with Crippen LogP contribution in [0.2, 0.25) is 5.02 Å². The van der Waals surface area contributed by atoms with Gasteiger partial charge in [0.1, 0.15) is 24.2 Å². The molecule has 1 saturated carbocycles. The molecule has 4 aromatic rings. The number of benzene rings is 4. The largest absolute Gasteiger partial charge is 0.494 e. The summed E-state index contributed by atoms with van der Waals surface area (Å²) >= 11 is 6.58. The van der Waals surface area contributed by atoms with Gasteiger partial charge in [0, 0.05) is 24.0 Å². The molecule has 0 spiro atoms. The lowest BCUT2D eigenvalue weighted by molar-refractivity contribution is -0.140. The normalized spacial score (nSPS) is 13.9. The average Bonchev–Trinajstić information content (AvgIpc) is 3.60. The molecule has 0 bridgehead atoms. The predicted octanol–water partition coefficient (Wildman–Crippen LogP) is 6.77. The summed E-state index contributed by atoms with van der Waals surface area (Å²) in [5.41, 5.74) is 1.64. The molecule has 2 amide bonds. The van der Waals surface area contributed by atoms with E-state index < -0.39 is 34.3 Å². The quantitative estimate of drug-likeness (QED) is 0.158. The second-order valence-electron chi connectivity index (χ2n) is 11.7. The van der Waals surface area contributed by atoms with Crippen molar-refractivity contribution in [3.05, 3.63) is 125 Å². The first-order chi connectivity index (χ1) is 23.2. The predicted molar refractivity (Wildman–Crippen MR) is 185 cm³/mol. The highest BCUT2D eigenvalue weighted by Gasteiger charge is 2.36. The van der Waals surface area contributed by atoms with Gasteiger partial charge in [-0.3, -0.25) is 13.9 Å². The van der Waals surface area contributed by atoms with Gasteiger partial charge in [-0.1, -0.05) is 73.0 Å². The van der Waals surface area contributed by atoms with Crippen molar-refractivity contribution >= 4 is 39.1 Å². The lowest BCUT2D eigenvalue weighted by atomic mass is 10.0. The van der Waals surface area contributed by atoms with E-state index >= 15 is 0 Å². The van der Waals surface area contributed by atoms with E-state index in [2.05, 4.69) is 5.32 Å². The lowest BCUT2D eigenvalue weighted by Gasteiger charge is -2.34. The number of hydrogen-bond acceptors (Lipinski definition) is 5. The Bertz CT molecular complexity index is 1780. The third-order valence-corrected chi connectivity index (χ3v) is 10.5. The number of ether oxygens (including phenoxy) is 1. The van der Waals surface area contributed by atoms with Crippen LogP contribution in [-0.4, -0.2) is 50.4 Å². The molecule has 252 valence electrons. The summed E-state index contributed by atoms with van der Waals surface area (Å²) in [5, 5.41) is 3.56. The maximum Gasteiger partial charge on any atom is 0.264 e. The van der Waals surface area contributed by atoms with E-state index in [4.69, 9.17) is 16.3 Å². The van der Waals surface area contributed by atoms with Crippen molar-refractivity contribution in [3.63, 3.8) is 0 Å². The molecule has 0 radical (unpaired) electrons. The highest BCUT2D eigenvalue weighted by Crippen LogP contribution is 2.28. The molecule has 8 nitrogen and oxygen atoms in total. The van der Waals surface area contributed by atoms with E-state index in [9.17, 15) is 22.4 Å². The Hall–Kier alpha value is -4.41. The van der Waals surface area contributed by atoms with Crippen LogP contribution in [0, 0.1) is 5.82 Å². The number of rotatable bonds is 14. The molecule has 1 N–H and O–H groups in total. The maximum absolute atomic E-state index is 14.6. The standard InChI is InChI=1S/C37H39ClFN3O5S/c1-2-47-32-20-18-31(19-21-32)42(48(45,46)33-22-16-29(39)17-23-33)26-36(43)41(25-28-12-6-9-15-34(28)38)35(24-27-10-4-3-5-11-27)37(44)40-30-13-7-8-14-30/h3-6,9-12,15-23,30,35H,2,7-8,13-14,24-26H2,1H3,(H,40,44)/t35-/m1/s1. The minimum atomic E-state index is -4.38. The summed E-state index contributed by atoms with van der Waals surface area (Å²) < 4.78 is 48.7. The van der Waals surface area contributed by atoms with Crippen molar-refractivity contribution in [1.82, 2.24) is 10.2 Å². The van der Waals surface area contributed by atoms with Crippen LogP contribution in [-0.2, 0) is 32.6 Å². The van der Waals surface area contributed by atoms with Gasteiger partial charge in [-0.25, -0.2) is 12.8 Å². The van der Waals surface area contributed by atoms with Crippen LogP contribution in [0.1, 0.15) is 43.7 Å². The Balaban J connectivity index is 1.57. The molecule has 1 fully saturated rings. The fourth-order valence-electron chi connectivity index (χ4n) is 5.87.